The Morgan fingerprint density at radius 1 is 1.05 bits per heavy atom. The van der Waals surface area contributed by atoms with Gasteiger partial charge in [0.05, 0.1) is 14.2 Å². The molecule has 0 saturated carbocycles. The molecule has 0 aliphatic heterocycles. The van der Waals surface area contributed by atoms with E-state index in [-0.39, 0.29) is 5.56 Å². The fourth-order valence-electron chi connectivity index (χ4n) is 1.62. The molecule has 0 aliphatic rings. The van der Waals surface area contributed by atoms with Crippen molar-refractivity contribution in [1.29, 1.82) is 0 Å². The highest BCUT2D eigenvalue weighted by Crippen LogP contribution is 2.26. The van der Waals surface area contributed by atoms with Crippen molar-refractivity contribution in [3.63, 3.8) is 0 Å². The lowest BCUT2D eigenvalue weighted by Gasteiger charge is -2.23. The van der Waals surface area contributed by atoms with E-state index in [9.17, 15) is 14.7 Å². The van der Waals surface area contributed by atoms with Gasteiger partial charge in [0.25, 0.3) is 5.60 Å². The van der Waals surface area contributed by atoms with Crippen LogP contribution in [0.4, 0.5) is 5.69 Å². The van der Waals surface area contributed by atoms with E-state index in [1.807, 2.05) is 19.0 Å². The van der Waals surface area contributed by atoms with E-state index in [1.54, 1.807) is 12.1 Å². The van der Waals surface area contributed by atoms with E-state index >= 15 is 0 Å². The van der Waals surface area contributed by atoms with E-state index in [1.165, 1.54) is 12.1 Å². The Morgan fingerprint density at radius 3 is 1.79 bits per heavy atom. The monoisotopic (exact) mass is 267 g/mol. The Kier molecular flexibility index (Phi) is 4.50. The summed E-state index contributed by atoms with van der Waals surface area (Å²) in [6.45, 7) is 0. The van der Waals surface area contributed by atoms with Gasteiger partial charge in [-0.2, -0.15) is 0 Å². The van der Waals surface area contributed by atoms with Crippen molar-refractivity contribution < 1.29 is 24.2 Å². The van der Waals surface area contributed by atoms with Gasteiger partial charge in [0.15, 0.2) is 0 Å². The van der Waals surface area contributed by atoms with Crippen molar-refractivity contribution in [3.8, 4) is 0 Å². The number of aliphatic hydroxyl groups is 1. The Hall–Kier alpha value is -2.08. The second kappa shape index (κ2) is 5.71. The highest BCUT2D eigenvalue weighted by molar-refractivity contribution is 6.04. The highest BCUT2D eigenvalue weighted by atomic mass is 16.6. The molecule has 0 aliphatic carbocycles. The first-order valence-electron chi connectivity index (χ1n) is 5.55. The first-order chi connectivity index (χ1) is 8.87. The van der Waals surface area contributed by atoms with Gasteiger partial charge in [-0.1, -0.05) is 12.1 Å². The van der Waals surface area contributed by atoms with Crippen LogP contribution in [0, 0.1) is 0 Å². The van der Waals surface area contributed by atoms with Gasteiger partial charge in [-0.25, -0.2) is 9.59 Å². The molecule has 0 unspecified atom stereocenters. The molecule has 6 heteroatoms. The topological polar surface area (TPSA) is 76.1 Å². The number of anilines is 1. The Balaban J connectivity index is 3.26. The molecule has 1 aromatic rings. The summed E-state index contributed by atoms with van der Waals surface area (Å²) in [6.07, 6.45) is 0. The molecule has 1 rings (SSSR count). The van der Waals surface area contributed by atoms with Crippen LogP contribution in [0.1, 0.15) is 5.56 Å². The van der Waals surface area contributed by atoms with E-state index in [4.69, 9.17) is 0 Å². The van der Waals surface area contributed by atoms with Gasteiger partial charge in [0, 0.05) is 25.3 Å². The lowest BCUT2D eigenvalue weighted by Crippen LogP contribution is -2.45. The molecular formula is C13H17NO5. The second-order valence-corrected chi connectivity index (χ2v) is 4.13. The zero-order valence-corrected chi connectivity index (χ0v) is 11.3. The van der Waals surface area contributed by atoms with Gasteiger partial charge in [-0.3, -0.25) is 0 Å². The van der Waals surface area contributed by atoms with Crippen molar-refractivity contribution in [2.24, 2.45) is 0 Å². The summed E-state index contributed by atoms with van der Waals surface area (Å²) in [5.41, 5.74) is -1.49. The summed E-state index contributed by atoms with van der Waals surface area (Å²) in [6, 6.07) is 6.30. The van der Waals surface area contributed by atoms with Crippen LogP contribution < -0.4 is 4.90 Å². The number of nitrogens with zero attached hydrogens (tertiary/aromatic N) is 1. The van der Waals surface area contributed by atoms with Crippen LogP contribution in [0.15, 0.2) is 24.3 Å². The molecule has 1 N–H and O–H groups in total. The van der Waals surface area contributed by atoms with Gasteiger partial charge in [0.2, 0.25) is 0 Å². The van der Waals surface area contributed by atoms with Crippen molar-refractivity contribution in [1.82, 2.24) is 0 Å². The maximum atomic E-state index is 11.7. The predicted octanol–water partition coefficient (Wildman–Crippen LogP) is 0.286. The molecule has 0 fully saturated rings. The molecule has 0 radical (unpaired) electrons. The first kappa shape index (κ1) is 15.0. The number of rotatable bonds is 4. The number of ether oxygens (including phenoxy) is 2. The smallest absolute Gasteiger partial charge is 0.354 e. The van der Waals surface area contributed by atoms with Crippen LogP contribution in [-0.4, -0.2) is 45.4 Å². The largest absolute Gasteiger partial charge is 0.466 e. The summed E-state index contributed by atoms with van der Waals surface area (Å²) >= 11 is 0. The number of carbonyl (C=O) groups is 2. The molecule has 0 amide bonds. The van der Waals surface area contributed by atoms with Gasteiger partial charge in [-0.15, -0.1) is 0 Å². The number of methoxy groups -OCH3 is 2. The zero-order chi connectivity index (χ0) is 14.6. The van der Waals surface area contributed by atoms with Crippen LogP contribution in [0.3, 0.4) is 0 Å². The number of esters is 2. The van der Waals surface area contributed by atoms with Gasteiger partial charge < -0.3 is 19.5 Å². The molecule has 0 spiro atoms. The van der Waals surface area contributed by atoms with E-state index in [2.05, 4.69) is 9.47 Å². The number of hydrogen-bond donors (Lipinski definition) is 1. The van der Waals surface area contributed by atoms with E-state index in [0.717, 1.165) is 19.9 Å². The minimum Gasteiger partial charge on any atom is -0.466 e. The third-order valence-electron chi connectivity index (χ3n) is 2.76. The van der Waals surface area contributed by atoms with Gasteiger partial charge in [0.1, 0.15) is 0 Å². The highest BCUT2D eigenvalue weighted by Gasteiger charge is 2.48. The first-order valence-corrected chi connectivity index (χ1v) is 5.55. The van der Waals surface area contributed by atoms with Crippen molar-refractivity contribution in [3.05, 3.63) is 29.8 Å². The van der Waals surface area contributed by atoms with Crippen LogP contribution >= 0.6 is 0 Å². The normalized spacial score (nSPS) is 10.8. The van der Waals surface area contributed by atoms with Crippen molar-refractivity contribution >= 4 is 17.6 Å². The van der Waals surface area contributed by atoms with Crippen LogP contribution in [0.25, 0.3) is 0 Å². The summed E-state index contributed by atoms with van der Waals surface area (Å²) in [5.74, 6) is -2.17. The summed E-state index contributed by atoms with van der Waals surface area (Å²) in [7, 11) is 5.87. The summed E-state index contributed by atoms with van der Waals surface area (Å²) < 4.78 is 8.94. The molecule has 0 aromatic heterocycles. The Morgan fingerprint density at radius 2 is 1.47 bits per heavy atom. The number of carbonyl (C=O) groups excluding carboxylic acids is 2. The Bertz CT molecular complexity index is 450. The van der Waals surface area contributed by atoms with Crippen molar-refractivity contribution in [2.75, 3.05) is 33.2 Å². The SMILES string of the molecule is COC(=O)C(O)(C(=O)OC)c1ccc(N(C)C)cc1. The molecule has 6 nitrogen and oxygen atoms in total. The van der Waals surface area contributed by atoms with Crippen LogP contribution in [-0.2, 0) is 24.7 Å². The summed E-state index contributed by atoms with van der Waals surface area (Å²) in [4.78, 5) is 25.2. The second-order valence-electron chi connectivity index (χ2n) is 4.13. The van der Waals surface area contributed by atoms with E-state index in [0.29, 0.717) is 0 Å². The van der Waals surface area contributed by atoms with Crippen LogP contribution in [0.5, 0.6) is 0 Å². The summed E-state index contributed by atoms with van der Waals surface area (Å²) in [5, 5.41) is 10.3. The minimum absolute atomic E-state index is 0.0943. The maximum absolute atomic E-state index is 11.7. The molecule has 104 valence electrons. The lowest BCUT2D eigenvalue weighted by molar-refractivity contribution is -0.181. The van der Waals surface area contributed by atoms with Gasteiger partial charge in [-0.05, 0) is 12.1 Å². The minimum atomic E-state index is -2.45. The molecule has 1 aromatic carbocycles. The van der Waals surface area contributed by atoms with Crippen LogP contribution in [0.2, 0.25) is 0 Å². The maximum Gasteiger partial charge on any atom is 0.354 e. The molecule has 0 saturated heterocycles. The van der Waals surface area contributed by atoms with Crippen molar-refractivity contribution in [2.45, 2.75) is 5.60 Å². The zero-order valence-electron chi connectivity index (χ0n) is 11.3. The standard InChI is InChI=1S/C13H17NO5/c1-14(2)10-7-5-9(6-8-10)13(17,11(15)18-3)12(16)19-4/h5-8,17H,1-4H3. The molecule has 0 bridgehead atoms. The third kappa shape index (κ3) is 2.68. The fourth-order valence-corrected chi connectivity index (χ4v) is 1.62. The molecule has 0 atom stereocenters. The molecule has 0 heterocycles. The fraction of sp³-hybridized carbons (Fsp3) is 0.385. The quantitative estimate of drug-likeness (QED) is 0.624. The Labute approximate surface area is 111 Å². The number of hydrogen-bond acceptors (Lipinski definition) is 6. The number of benzene rings is 1. The average Bonchev–Trinajstić information content (AvgIpc) is 2.44. The molecular weight excluding hydrogens is 250 g/mol. The third-order valence-corrected chi connectivity index (χ3v) is 2.76. The van der Waals surface area contributed by atoms with Gasteiger partial charge >= 0.3 is 11.9 Å². The average molecular weight is 267 g/mol. The predicted molar refractivity (Wildman–Crippen MR) is 68.7 cm³/mol. The lowest BCUT2D eigenvalue weighted by atomic mass is 9.93. The molecule has 19 heavy (non-hydrogen) atoms. The van der Waals surface area contributed by atoms with E-state index < -0.39 is 17.5 Å².